The van der Waals surface area contributed by atoms with Gasteiger partial charge in [-0.15, -0.1) is 10.2 Å². The summed E-state index contributed by atoms with van der Waals surface area (Å²) in [5.74, 6) is 1.74. The Morgan fingerprint density at radius 1 is 1.22 bits per heavy atom. The maximum atomic E-state index is 12.9. The van der Waals surface area contributed by atoms with E-state index >= 15 is 0 Å². The number of para-hydroxylation sites is 1. The number of nitrogens with one attached hydrogen (secondary N) is 1. The Morgan fingerprint density at radius 3 is 2.74 bits per heavy atom. The van der Waals surface area contributed by atoms with Gasteiger partial charge in [0.1, 0.15) is 5.82 Å². The van der Waals surface area contributed by atoms with E-state index in [0.717, 1.165) is 50.3 Å². The predicted molar refractivity (Wildman–Crippen MR) is 109 cm³/mol. The zero-order chi connectivity index (χ0) is 19.2. The Bertz CT molecular complexity index is 772. The van der Waals surface area contributed by atoms with E-state index in [9.17, 15) is 4.79 Å². The van der Waals surface area contributed by atoms with Crippen molar-refractivity contribution < 1.29 is 4.79 Å². The van der Waals surface area contributed by atoms with Gasteiger partial charge in [0.2, 0.25) is 0 Å². The van der Waals surface area contributed by atoms with Crippen molar-refractivity contribution in [2.24, 2.45) is 0 Å². The Balaban J connectivity index is 1.91. The highest BCUT2D eigenvalue weighted by molar-refractivity contribution is 6.39. The van der Waals surface area contributed by atoms with Crippen LogP contribution in [-0.2, 0) is 19.5 Å². The van der Waals surface area contributed by atoms with Crippen molar-refractivity contribution in [2.75, 3.05) is 11.4 Å². The van der Waals surface area contributed by atoms with E-state index in [4.69, 9.17) is 23.2 Å². The molecule has 2 aromatic rings. The fraction of sp³-hybridized carbons (Fsp3) is 0.526. The number of benzene rings is 1. The van der Waals surface area contributed by atoms with Crippen molar-refractivity contribution in [3.63, 3.8) is 0 Å². The zero-order valence-corrected chi connectivity index (χ0v) is 17.1. The first-order valence-corrected chi connectivity index (χ1v) is 10.3. The molecule has 3 rings (SSSR count). The van der Waals surface area contributed by atoms with Crippen LogP contribution in [0.25, 0.3) is 0 Å². The van der Waals surface area contributed by atoms with Crippen molar-refractivity contribution in [3.8, 4) is 0 Å². The molecule has 0 saturated carbocycles. The SMILES string of the molecule is CCCCNC(=O)N(Cc1nnc2n1CCCCC2)c1c(Cl)cccc1Cl. The van der Waals surface area contributed by atoms with E-state index < -0.39 is 0 Å². The summed E-state index contributed by atoms with van der Waals surface area (Å²) in [5, 5.41) is 12.5. The van der Waals surface area contributed by atoms with Gasteiger partial charge >= 0.3 is 6.03 Å². The molecule has 0 radical (unpaired) electrons. The smallest absolute Gasteiger partial charge is 0.322 e. The summed E-state index contributed by atoms with van der Waals surface area (Å²) in [6.45, 7) is 3.83. The van der Waals surface area contributed by atoms with Gasteiger partial charge in [0, 0.05) is 19.5 Å². The second-order valence-corrected chi connectivity index (χ2v) is 7.55. The molecule has 6 nitrogen and oxygen atoms in total. The first-order chi connectivity index (χ1) is 13.1. The van der Waals surface area contributed by atoms with E-state index in [2.05, 4.69) is 27.0 Å². The minimum Gasteiger partial charge on any atom is -0.338 e. The molecule has 2 amide bonds. The van der Waals surface area contributed by atoms with Crippen LogP contribution in [0.1, 0.15) is 50.7 Å². The highest BCUT2D eigenvalue weighted by Crippen LogP contribution is 2.34. The van der Waals surface area contributed by atoms with Gasteiger partial charge in [-0.3, -0.25) is 4.90 Å². The van der Waals surface area contributed by atoms with Gasteiger partial charge < -0.3 is 9.88 Å². The summed E-state index contributed by atoms with van der Waals surface area (Å²) in [5.41, 5.74) is 0.501. The summed E-state index contributed by atoms with van der Waals surface area (Å²) >= 11 is 12.8. The van der Waals surface area contributed by atoms with E-state index in [1.165, 1.54) is 6.42 Å². The lowest BCUT2D eigenvalue weighted by Gasteiger charge is -2.25. The molecule has 0 atom stereocenters. The Kier molecular flexibility index (Phi) is 6.96. The third-order valence-corrected chi connectivity index (χ3v) is 5.35. The summed E-state index contributed by atoms with van der Waals surface area (Å²) in [6.07, 6.45) is 6.23. The molecule has 27 heavy (non-hydrogen) atoms. The number of hydrogen-bond acceptors (Lipinski definition) is 3. The number of fused-ring (bicyclic) bond motifs is 1. The molecule has 0 saturated heterocycles. The molecule has 2 heterocycles. The van der Waals surface area contributed by atoms with Crippen LogP contribution >= 0.6 is 23.2 Å². The lowest BCUT2D eigenvalue weighted by molar-refractivity contribution is 0.245. The van der Waals surface area contributed by atoms with Crippen LogP contribution in [-0.4, -0.2) is 27.3 Å². The topological polar surface area (TPSA) is 63.1 Å². The fourth-order valence-electron chi connectivity index (χ4n) is 3.27. The Labute approximate surface area is 169 Å². The number of unbranched alkanes of at least 4 members (excludes halogenated alkanes) is 1. The normalized spacial score (nSPS) is 13.7. The number of nitrogens with zero attached hydrogens (tertiary/aromatic N) is 4. The van der Waals surface area contributed by atoms with Gasteiger partial charge in [-0.25, -0.2) is 4.79 Å². The monoisotopic (exact) mass is 409 g/mol. The fourth-order valence-corrected chi connectivity index (χ4v) is 3.87. The molecule has 1 aliphatic heterocycles. The van der Waals surface area contributed by atoms with Crippen molar-refractivity contribution >= 4 is 34.9 Å². The summed E-state index contributed by atoms with van der Waals surface area (Å²) in [7, 11) is 0. The van der Waals surface area contributed by atoms with Crippen LogP contribution in [0.5, 0.6) is 0 Å². The summed E-state index contributed by atoms with van der Waals surface area (Å²) < 4.78 is 2.13. The van der Waals surface area contributed by atoms with Crippen LogP contribution in [0.15, 0.2) is 18.2 Å². The zero-order valence-electron chi connectivity index (χ0n) is 15.5. The molecule has 146 valence electrons. The van der Waals surface area contributed by atoms with Crippen molar-refractivity contribution in [1.82, 2.24) is 20.1 Å². The number of amides is 2. The molecule has 0 spiro atoms. The van der Waals surface area contributed by atoms with Crippen LogP contribution in [0.2, 0.25) is 10.0 Å². The van der Waals surface area contributed by atoms with E-state index in [1.807, 2.05) is 0 Å². The third-order valence-electron chi connectivity index (χ3n) is 4.74. The van der Waals surface area contributed by atoms with Gasteiger partial charge in [0.25, 0.3) is 0 Å². The number of halogens is 2. The number of rotatable bonds is 6. The van der Waals surface area contributed by atoms with Gasteiger partial charge in [0.15, 0.2) is 5.82 Å². The van der Waals surface area contributed by atoms with Gasteiger partial charge in [-0.05, 0) is 31.4 Å². The number of urea groups is 1. The van der Waals surface area contributed by atoms with Gasteiger partial charge in [-0.1, -0.05) is 49.0 Å². The quantitative estimate of drug-likeness (QED) is 0.694. The van der Waals surface area contributed by atoms with Crippen LogP contribution < -0.4 is 10.2 Å². The number of hydrogen-bond donors (Lipinski definition) is 1. The van der Waals surface area contributed by atoms with E-state index in [-0.39, 0.29) is 12.6 Å². The second-order valence-electron chi connectivity index (χ2n) is 6.74. The minimum absolute atomic E-state index is 0.232. The van der Waals surface area contributed by atoms with Crippen molar-refractivity contribution in [1.29, 1.82) is 0 Å². The first kappa shape index (κ1) is 20.0. The second kappa shape index (κ2) is 9.42. The average Bonchev–Trinajstić information content (AvgIpc) is 2.87. The maximum absolute atomic E-state index is 12.9. The van der Waals surface area contributed by atoms with Crippen LogP contribution in [0.3, 0.4) is 0 Å². The Morgan fingerprint density at radius 2 is 2.00 bits per heavy atom. The van der Waals surface area contributed by atoms with Crippen LogP contribution in [0.4, 0.5) is 10.5 Å². The molecule has 1 aliphatic rings. The molecule has 1 N–H and O–H groups in total. The molecule has 8 heteroatoms. The minimum atomic E-state index is -0.232. The van der Waals surface area contributed by atoms with Crippen LogP contribution in [0, 0.1) is 0 Å². The number of aromatic nitrogens is 3. The lowest BCUT2D eigenvalue weighted by Crippen LogP contribution is -2.41. The highest BCUT2D eigenvalue weighted by Gasteiger charge is 2.25. The average molecular weight is 410 g/mol. The first-order valence-electron chi connectivity index (χ1n) is 9.52. The largest absolute Gasteiger partial charge is 0.338 e. The van der Waals surface area contributed by atoms with Crippen molar-refractivity contribution in [3.05, 3.63) is 39.9 Å². The lowest BCUT2D eigenvalue weighted by atomic mass is 10.2. The molecule has 0 aliphatic carbocycles. The molecular formula is C19H25Cl2N5O. The third kappa shape index (κ3) is 4.74. The van der Waals surface area contributed by atoms with E-state index in [0.29, 0.717) is 22.3 Å². The van der Waals surface area contributed by atoms with Gasteiger partial charge in [-0.2, -0.15) is 0 Å². The number of aryl methyl sites for hydroxylation is 1. The highest BCUT2D eigenvalue weighted by atomic mass is 35.5. The molecule has 1 aromatic heterocycles. The number of carbonyl (C=O) groups excluding carboxylic acids is 1. The van der Waals surface area contributed by atoms with Gasteiger partial charge in [0.05, 0.1) is 22.3 Å². The molecule has 0 unspecified atom stereocenters. The molecular weight excluding hydrogens is 385 g/mol. The van der Waals surface area contributed by atoms with Crippen molar-refractivity contribution in [2.45, 2.75) is 58.5 Å². The Hall–Kier alpha value is -1.79. The molecule has 1 aromatic carbocycles. The summed E-state index contributed by atoms with van der Waals surface area (Å²) in [6, 6.07) is 5.01. The standard InChI is InChI=1S/C19H25Cl2N5O/c1-2-3-11-22-19(27)26(18-14(20)8-7-9-15(18)21)13-17-24-23-16-10-5-4-6-12-25(16)17/h7-9H,2-6,10-13H2,1H3,(H,22,27). The maximum Gasteiger partial charge on any atom is 0.322 e. The van der Waals surface area contributed by atoms with E-state index in [1.54, 1.807) is 23.1 Å². The predicted octanol–water partition coefficient (Wildman–Crippen LogP) is 4.83. The number of anilines is 1. The summed E-state index contributed by atoms with van der Waals surface area (Å²) in [4.78, 5) is 14.5. The molecule has 0 bridgehead atoms. The number of carbonyl (C=O) groups is 1. The molecule has 0 fully saturated rings.